The number of hydrogen-bond acceptors (Lipinski definition) is 5. The number of hydrazone groups is 1. The number of aryl methyl sites for hydroxylation is 2. The standard InChI is InChI=1S/C28H24N2O4/c1-19-12-14-23(16-20(19)2)33-18-27(31)30-29-17-25-24-11-7-6-8-21(24)13-15-26(25)34-28(32)22-9-4-3-5-10-22/h3-17H,18H2,1-2H3,(H,30,31)/b29-17-. The van der Waals surface area contributed by atoms with Gasteiger partial charge in [-0.25, -0.2) is 10.2 Å². The van der Waals surface area contributed by atoms with Crippen molar-refractivity contribution >= 4 is 28.9 Å². The predicted octanol–water partition coefficient (Wildman–Crippen LogP) is 5.20. The summed E-state index contributed by atoms with van der Waals surface area (Å²) in [7, 11) is 0. The first kappa shape index (κ1) is 22.7. The third-order valence-electron chi connectivity index (χ3n) is 5.37. The Bertz CT molecular complexity index is 1360. The van der Waals surface area contributed by atoms with Gasteiger partial charge in [0.25, 0.3) is 5.91 Å². The maximum atomic E-state index is 12.6. The molecule has 0 saturated heterocycles. The van der Waals surface area contributed by atoms with E-state index in [1.54, 1.807) is 30.3 Å². The summed E-state index contributed by atoms with van der Waals surface area (Å²) in [5.74, 6) is 0.0808. The molecule has 4 aromatic rings. The van der Waals surface area contributed by atoms with Crippen LogP contribution in [0.5, 0.6) is 11.5 Å². The molecular weight excluding hydrogens is 428 g/mol. The molecule has 0 aliphatic rings. The van der Waals surface area contributed by atoms with Crippen molar-refractivity contribution in [1.29, 1.82) is 0 Å². The van der Waals surface area contributed by atoms with Crippen LogP contribution in [-0.4, -0.2) is 24.7 Å². The van der Waals surface area contributed by atoms with Crippen molar-refractivity contribution in [2.24, 2.45) is 5.10 Å². The molecule has 6 heteroatoms. The van der Waals surface area contributed by atoms with Crippen LogP contribution in [0.15, 0.2) is 90.0 Å². The lowest BCUT2D eigenvalue weighted by Crippen LogP contribution is -2.24. The fraction of sp³-hybridized carbons (Fsp3) is 0.107. The Morgan fingerprint density at radius 3 is 2.44 bits per heavy atom. The summed E-state index contributed by atoms with van der Waals surface area (Å²) in [4.78, 5) is 24.8. The Balaban J connectivity index is 1.49. The number of carbonyl (C=O) groups is 2. The molecule has 4 rings (SSSR count). The van der Waals surface area contributed by atoms with Crippen LogP contribution in [-0.2, 0) is 4.79 Å². The van der Waals surface area contributed by atoms with Gasteiger partial charge in [0.05, 0.1) is 11.8 Å². The summed E-state index contributed by atoms with van der Waals surface area (Å²) < 4.78 is 11.2. The number of benzene rings is 4. The molecule has 0 radical (unpaired) electrons. The van der Waals surface area contributed by atoms with Gasteiger partial charge in [0, 0.05) is 5.56 Å². The second-order valence-electron chi connectivity index (χ2n) is 7.78. The van der Waals surface area contributed by atoms with E-state index >= 15 is 0 Å². The predicted molar refractivity (Wildman–Crippen MR) is 132 cm³/mol. The molecule has 170 valence electrons. The number of nitrogens with one attached hydrogen (secondary N) is 1. The average molecular weight is 453 g/mol. The second-order valence-corrected chi connectivity index (χ2v) is 7.78. The fourth-order valence-electron chi connectivity index (χ4n) is 3.38. The molecule has 0 atom stereocenters. The largest absolute Gasteiger partial charge is 0.484 e. The maximum Gasteiger partial charge on any atom is 0.343 e. The summed E-state index contributed by atoms with van der Waals surface area (Å²) in [6.45, 7) is 3.82. The summed E-state index contributed by atoms with van der Waals surface area (Å²) in [5.41, 5.74) is 5.73. The molecule has 34 heavy (non-hydrogen) atoms. The topological polar surface area (TPSA) is 77.0 Å². The van der Waals surface area contributed by atoms with Gasteiger partial charge in [0.1, 0.15) is 11.5 Å². The minimum absolute atomic E-state index is 0.175. The van der Waals surface area contributed by atoms with E-state index in [0.717, 1.165) is 21.9 Å². The highest BCUT2D eigenvalue weighted by molar-refractivity contribution is 6.04. The van der Waals surface area contributed by atoms with E-state index in [4.69, 9.17) is 9.47 Å². The average Bonchev–Trinajstić information content (AvgIpc) is 2.86. The third-order valence-corrected chi connectivity index (χ3v) is 5.37. The smallest absolute Gasteiger partial charge is 0.343 e. The second kappa shape index (κ2) is 10.4. The Hall–Kier alpha value is -4.45. The van der Waals surface area contributed by atoms with Crippen LogP contribution in [0.3, 0.4) is 0 Å². The first-order valence-electron chi connectivity index (χ1n) is 10.8. The Morgan fingerprint density at radius 2 is 1.65 bits per heavy atom. The zero-order chi connectivity index (χ0) is 23.9. The van der Waals surface area contributed by atoms with E-state index in [1.165, 1.54) is 6.21 Å². The number of rotatable bonds is 7. The minimum atomic E-state index is -0.476. The Labute approximate surface area is 197 Å². The van der Waals surface area contributed by atoms with Crippen molar-refractivity contribution in [2.75, 3.05) is 6.61 Å². The van der Waals surface area contributed by atoms with E-state index in [1.807, 2.05) is 68.4 Å². The summed E-state index contributed by atoms with van der Waals surface area (Å²) in [6.07, 6.45) is 1.48. The molecule has 0 fully saturated rings. The first-order chi connectivity index (χ1) is 16.5. The summed E-state index contributed by atoms with van der Waals surface area (Å²) >= 11 is 0. The molecule has 4 aromatic carbocycles. The van der Waals surface area contributed by atoms with E-state index in [-0.39, 0.29) is 6.61 Å². The SMILES string of the molecule is Cc1ccc(OCC(=O)N/N=C\c2c(OC(=O)c3ccccc3)ccc3ccccc23)cc1C. The van der Waals surface area contributed by atoms with Crippen LogP contribution in [0.25, 0.3) is 10.8 Å². The van der Waals surface area contributed by atoms with Crippen LogP contribution in [0.1, 0.15) is 27.0 Å². The molecule has 0 aliphatic heterocycles. The van der Waals surface area contributed by atoms with Gasteiger partial charge >= 0.3 is 5.97 Å². The van der Waals surface area contributed by atoms with Gasteiger partial charge in [-0.15, -0.1) is 0 Å². The highest BCUT2D eigenvalue weighted by Gasteiger charge is 2.13. The molecule has 0 saturated carbocycles. The normalized spacial score (nSPS) is 10.9. The van der Waals surface area contributed by atoms with Crippen molar-refractivity contribution in [3.05, 3.63) is 107 Å². The van der Waals surface area contributed by atoms with Gasteiger partial charge in [0.15, 0.2) is 6.61 Å². The number of carbonyl (C=O) groups excluding carboxylic acids is 2. The molecular formula is C28H24N2O4. The molecule has 6 nitrogen and oxygen atoms in total. The van der Waals surface area contributed by atoms with E-state index in [2.05, 4.69) is 10.5 Å². The van der Waals surface area contributed by atoms with Gasteiger partial charge in [-0.3, -0.25) is 4.79 Å². The Morgan fingerprint density at radius 1 is 0.882 bits per heavy atom. The molecule has 1 amide bonds. The highest BCUT2D eigenvalue weighted by atomic mass is 16.5. The molecule has 0 aliphatic carbocycles. The van der Waals surface area contributed by atoms with Crippen LogP contribution < -0.4 is 14.9 Å². The minimum Gasteiger partial charge on any atom is -0.484 e. The van der Waals surface area contributed by atoms with Crippen LogP contribution in [0, 0.1) is 13.8 Å². The van der Waals surface area contributed by atoms with Crippen molar-refractivity contribution in [2.45, 2.75) is 13.8 Å². The lowest BCUT2D eigenvalue weighted by Gasteiger charge is -2.11. The third kappa shape index (κ3) is 5.48. The first-order valence-corrected chi connectivity index (χ1v) is 10.8. The van der Waals surface area contributed by atoms with Crippen LogP contribution in [0.4, 0.5) is 0 Å². The van der Waals surface area contributed by atoms with Gasteiger partial charge in [0.2, 0.25) is 0 Å². The van der Waals surface area contributed by atoms with Gasteiger partial charge in [-0.2, -0.15) is 5.10 Å². The summed E-state index contributed by atoms with van der Waals surface area (Å²) in [6, 6.07) is 25.7. The molecule has 0 spiro atoms. The van der Waals surface area contributed by atoms with Crippen LogP contribution >= 0.6 is 0 Å². The van der Waals surface area contributed by atoms with Crippen molar-refractivity contribution in [1.82, 2.24) is 5.43 Å². The molecule has 0 unspecified atom stereocenters. The zero-order valence-corrected chi connectivity index (χ0v) is 18.9. The van der Waals surface area contributed by atoms with Crippen LogP contribution in [0.2, 0.25) is 0 Å². The number of hydrogen-bond donors (Lipinski definition) is 1. The zero-order valence-electron chi connectivity index (χ0n) is 18.9. The molecule has 0 bridgehead atoms. The number of amides is 1. The lowest BCUT2D eigenvalue weighted by atomic mass is 10.0. The van der Waals surface area contributed by atoms with Gasteiger partial charge < -0.3 is 9.47 Å². The van der Waals surface area contributed by atoms with Crippen molar-refractivity contribution < 1.29 is 19.1 Å². The van der Waals surface area contributed by atoms with E-state index in [9.17, 15) is 9.59 Å². The van der Waals surface area contributed by atoms with E-state index in [0.29, 0.717) is 22.6 Å². The van der Waals surface area contributed by atoms with Crippen molar-refractivity contribution in [3.63, 3.8) is 0 Å². The number of fused-ring (bicyclic) bond motifs is 1. The number of ether oxygens (including phenoxy) is 2. The maximum absolute atomic E-state index is 12.6. The number of esters is 1. The Kier molecular flexibility index (Phi) is 6.98. The lowest BCUT2D eigenvalue weighted by molar-refractivity contribution is -0.123. The monoisotopic (exact) mass is 452 g/mol. The molecule has 0 aromatic heterocycles. The van der Waals surface area contributed by atoms with Gasteiger partial charge in [-0.05, 0) is 66.1 Å². The highest BCUT2D eigenvalue weighted by Crippen LogP contribution is 2.27. The van der Waals surface area contributed by atoms with Crippen molar-refractivity contribution in [3.8, 4) is 11.5 Å². The van der Waals surface area contributed by atoms with E-state index < -0.39 is 11.9 Å². The molecule has 1 N–H and O–H groups in total. The number of nitrogens with zero attached hydrogens (tertiary/aromatic N) is 1. The molecule has 0 heterocycles. The quantitative estimate of drug-likeness (QED) is 0.181. The fourth-order valence-corrected chi connectivity index (χ4v) is 3.38. The summed E-state index contributed by atoms with van der Waals surface area (Å²) in [5, 5.41) is 5.87. The van der Waals surface area contributed by atoms with Gasteiger partial charge in [-0.1, -0.05) is 54.6 Å².